The maximum atomic E-state index is 10.7. The molecule has 0 aromatic heterocycles. The summed E-state index contributed by atoms with van der Waals surface area (Å²) in [5, 5.41) is 3.23. The van der Waals surface area contributed by atoms with Gasteiger partial charge in [0.2, 0.25) is 5.91 Å². The Hall–Kier alpha value is -0.440. The fourth-order valence-corrected chi connectivity index (χ4v) is 1.21. The van der Waals surface area contributed by atoms with Crippen LogP contribution in [0.2, 0.25) is 0 Å². The van der Waals surface area contributed by atoms with E-state index in [2.05, 4.69) is 31.4 Å². The van der Waals surface area contributed by atoms with Crippen molar-refractivity contribution in [3.05, 3.63) is 12.7 Å². The molecule has 0 saturated carbocycles. The van der Waals surface area contributed by atoms with Crippen LogP contribution in [0.15, 0.2) is 12.7 Å². The number of rotatable bonds is 7. The number of hydrogen-bond donors (Lipinski definition) is 2. The largest absolute Gasteiger partial charge is 0.353 e. The lowest BCUT2D eigenvalue weighted by Crippen LogP contribution is -2.21. The molecule has 2 nitrogen and oxygen atoms in total. The molecule has 0 spiro atoms. The molecule has 0 aliphatic carbocycles. The molecule has 0 aliphatic heterocycles. The van der Waals surface area contributed by atoms with Gasteiger partial charge in [-0.1, -0.05) is 26.3 Å². The van der Waals surface area contributed by atoms with E-state index in [-0.39, 0.29) is 5.91 Å². The van der Waals surface area contributed by atoms with Gasteiger partial charge in [-0.25, -0.2) is 0 Å². The molecule has 1 atom stereocenters. The van der Waals surface area contributed by atoms with Crippen LogP contribution in [0.3, 0.4) is 0 Å². The Morgan fingerprint density at radius 1 is 1.54 bits per heavy atom. The second-order valence-electron chi connectivity index (χ2n) is 3.19. The third-order valence-corrected chi connectivity index (χ3v) is 2.04. The van der Waals surface area contributed by atoms with Gasteiger partial charge in [0.25, 0.3) is 0 Å². The topological polar surface area (TPSA) is 29.1 Å². The number of hydrogen-bond acceptors (Lipinski definition) is 2. The van der Waals surface area contributed by atoms with Crippen LogP contribution in [0.4, 0.5) is 0 Å². The molecule has 0 rings (SSSR count). The van der Waals surface area contributed by atoms with E-state index in [0.717, 1.165) is 25.8 Å². The molecule has 3 heteroatoms. The number of unbranched alkanes of at least 4 members (excludes halogenated alkanes) is 2. The summed E-state index contributed by atoms with van der Waals surface area (Å²) in [6.07, 6.45) is 5.84. The quantitative estimate of drug-likeness (QED) is 0.369. The highest BCUT2D eigenvalue weighted by Gasteiger charge is 1.95. The number of carbonyl (C=O) groups excluding carboxylic acids is 1. The summed E-state index contributed by atoms with van der Waals surface area (Å²) in [4.78, 5) is 10.7. The highest BCUT2D eigenvalue weighted by atomic mass is 32.1. The Bertz CT molecular complexity index is 157. The van der Waals surface area contributed by atoms with Crippen molar-refractivity contribution in [3.8, 4) is 0 Å². The van der Waals surface area contributed by atoms with Crippen LogP contribution in [0.5, 0.6) is 0 Å². The van der Waals surface area contributed by atoms with Gasteiger partial charge in [-0.2, -0.15) is 12.6 Å². The van der Waals surface area contributed by atoms with Crippen LogP contribution >= 0.6 is 12.6 Å². The zero-order valence-electron chi connectivity index (χ0n) is 8.25. The third-order valence-electron chi connectivity index (χ3n) is 1.78. The van der Waals surface area contributed by atoms with Crippen molar-refractivity contribution in [1.82, 2.24) is 5.32 Å². The molecule has 13 heavy (non-hydrogen) atoms. The Morgan fingerprint density at radius 2 is 2.23 bits per heavy atom. The van der Waals surface area contributed by atoms with E-state index in [4.69, 9.17) is 0 Å². The van der Waals surface area contributed by atoms with Gasteiger partial charge < -0.3 is 5.32 Å². The van der Waals surface area contributed by atoms with Gasteiger partial charge in [-0.15, -0.1) is 0 Å². The summed E-state index contributed by atoms with van der Waals surface area (Å²) >= 11 is 4.29. The highest BCUT2D eigenvalue weighted by Crippen LogP contribution is 2.06. The van der Waals surface area contributed by atoms with E-state index in [9.17, 15) is 4.79 Å². The van der Waals surface area contributed by atoms with E-state index in [1.54, 1.807) is 0 Å². The minimum atomic E-state index is -0.0810. The lowest BCUT2D eigenvalue weighted by Gasteiger charge is -2.04. The molecule has 1 amide bonds. The zero-order valence-corrected chi connectivity index (χ0v) is 9.15. The van der Waals surface area contributed by atoms with Crippen LogP contribution in [0, 0.1) is 0 Å². The minimum absolute atomic E-state index is 0.0810. The van der Waals surface area contributed by atoms with E-state index in [1.807, 2.05) is 0 Å². The highest BCUT2D eigenvalue weighted by molar-refractivity contribution is 7.80. The number of carbonyl (C=O) groups is 1. The molecular weight excluding hydrogens is 182 g/mol. The predicted octanol–water partition coefficient (Wildman–Crippen LogP) is 2.17. The van der Waals surface area contributed by atoms with Crippen molar-refractivity contribution < 1.29 is 4.79 Å². The van der Waals surface area contributed by atoms with Crippen LogP contribution < -0.4 is 5.32 Å². The first-order valence-corrected chi connectivity index (χ1v) is 5.26. The summed E-state index contributed by atoms with van der Waals surface area (Å²) in [6.45, 7) is 6.23. The molecule has 0 radical (unpaired) electrons. The summed E-state index contributed by atoms with van der Waals surface area (Å²) in [5.41, 5.74) is 0. The first-order chi connectivity index (χ1) is 6.16. The van der Waals surface area contributed by atoms with Gasteiger partial charge in [0.05, 0.1) is 0 Å². The van der Waals surface area contributed by atoms with Crippen molar-refractivity contribution in [2.45, 2.75) is 37.9 Å². The molecule has 0 heterocycles. The van der Waals surface area contributed by atoms with Crippen molar-refractivity contribution in [2.24, 2.45) is 0 Å². The lowest BCUT2D eigenvalue weighted by atomic mass is 10.1. The molecule has 0 fully saturated rings. The molecule has 0 bridgehead atoms. The Balaban J connectivity index is 3.08. The Morgan fingerprint density at radius 3 is 2.77 bits per heavy atom. The number of nitrogens with one attached hydrogen (secondary N) is 1. The van der Waals surface area contributed by atoms with Gasteiger partial charge in [-0.05, 0) is 24.2 Å². The Labute approximate surface area is 86.2 Å². The molecule has 0 saturated heterocycles. The van der Waals surface area contributed by atoms with Crippen molar-refractivity contribution in [3.63, 3.8) is 0 Å². The van der Waals surface area contributed by atoms with Gasteiger partial charge in [0, 0.05) is 6.54 Å². The smallest absolute Gasteiger partial charge is 0.243 e. The summed E-state index contributed by atoms with van der Waals surface area (Å²) < 4.78 is 0. The molecule has 1 unspecified atom stereocenters. The zero-order chi connectivity index (χ0) is 10.1. The number of amides is 1. The second kappa shape index (κ2) is 8.17. The van der Waals surface area contributed by atoms with Crippen molar-refractivity contribution in [2.75, 3.05) is 6.54 Å². The average molecular weight is 201 g/mol. The summed E-state index contributed by atoms with van der Waals surface area (Å²) in [6, 6.07) is 0. The van der Waals surface area contributed by atoms with E-state index >= 15 is 0 Å². The van der Waals surface area contributed by atoms with Crippen LogP contribution in [-0.2, 0) is 4.79 Å². The molecule has 0 aromatic carbocycles. The first-order valence-electron chi connectivity index (χ1n) is 4.75. The number of thiol groups is 1. The van der Waals surface area contributed by atoms with Crippen LogP contribution in [0.1, 0.15) is 32.6 Å². The fourth-order valence-electron chi connectivity index (χ4n) is 1.03. The average Bonchev–Trinajstić information content (AvgIpc) is 2.10. The monoisotopic (exact) mass is 201 g/mol. The summed E-state index contributed by atoms with van der Waals surface area (Å²) in [5.74, 6) is -0.0810. The standard InChI is InChI=1S/C10H19NOS/c1-3-10(12)11-8-6-4-5-7-9(2)13/h3,9,13H,1,4-8H2,2H3,(H,11,12). The summed E-state index contributed by atoms with van der Waals surface area (Å²) in [7, 11) is 0. The van der Waals surface area contributed by atoms with Crippen molar-refractivity contribution >= 4 is 18.5 Å². The molecule has 76 valence electrons. The van der Waals surface area contributed by atoms with Crippen LogP contribution in [-0.4, -0.2) is 17.7 Å². The maximum Gasteiger partial charge on any atom is 0.243 e. The predicted molar refractivity (Wildman–Crippen MR) is 60.1 cm³/mol. The minimum Gasteiger partial charge on any atom is -0.353 e. The maximum absolute atomic E-state index is 10.7. The van der Waals surface area contributed by atoms with Gasteiger partial charge in [-0.3, -0.25) is 4.79 Å². The molecule has 0 aliphatic rings. The third kappa shape index (κ3) is 9.47. The van der Waals surface area contributed by atoms with E-state index in [0.29, 0.717) is 5.25 Å². The second-order valence-corrected chi connectivity index (χ2v) is 4.08. The van der Waals surface area contributed by atoms with E-state index in [1.165, 1.54) is 12.5 Å². The van der Waals surface area contributed by atoms with Gasteiger partial charge >= 0.3 is 0 Å². The van der Waals surface area contributed by atoms with Crippen molar-refractivity contribution in [1.29, 1.82) is 0 Å². The molecule has 1 N–H and O–H groups in total. The molecule has 0 aromatic rings. The van der Waals surface area contributed by atoms with Gasteiger partial charge in [0.1, 0.15) is 0 Å². The van der Waals surface area contributed by atoms with Crippen LogP contribution in [0.25, 0.3) is 0 Å². The normalized spacial score (nSPS) is 12.2. The van der Waals surface area contributed by atoms with E-state index < -0.39 is 0 Å². The fraction of sp³-hybridized carbons (Fsp3) is 0.700. The van der Waals surface area contributed by atoms with Gasteiger partial charge in [0.15, 0.2) is 0 Å². The SMILES string of the molecule is C=CC(=O)NCCCCCC(C)S. The first kappa shape index (κ1) is 12.6. The Kier molecular flexibility index (Phi) is 7.90. The molecular formula is C10H19NOS. The lowest BCUT2D eigenvalue weighted by molar-refractivity contribution is -0.116.